The Balaban J connectivity index is 1.56. The SMILES string of the molecule is Cc1cc(C)nc(Nc2cc(C)nc([C@@H]3CCCN(c4cnccn4)C3)n2)n1. The number of nitrogens with one attached hydrogen (secondary N) is 1. The molecule has 4 heterocycles. The van der Waals surface area contributed by atoms with E-state index in [2.05, 4.69) is 30.2 Å². The molecule has 28 heavy (non-hydrogen) atoms. The number of aromatic nitrogens is 6. The fourth-order valence-electron chi connectivity index (χ4n) is 3.59. The summed E-state index contributed by atoms with van der Waals surface area (Å²) in [7, 11) is 0. The van der Waals surface area contributed by atoms with Gasteiger partial charge in [-0.1, -0.05) is 0 Å². The Morgan fingerprint density at radius 2 is 1.75 bits per heavy atom. The van der Waals surface area contributed by atoms with E-state index in [1.54, 1.807) is 12.4 Å². The van der Waals surface area contributed by atoms with Crippen LogP contribution in [0.25, 0.3) is 0 Å². The number of anilines is 3. The molecule has 1 fully saturated rings. The molecule has 0 radical (unpaired) electrons. The van der Waals surface area contributed by atoms with Crippen molar-refractivity contribution in [3.63, 3.8) is 0 Å². The van der Waals surface area contributed by atoms with Crippen LogP contribution in [0.1, 0.15) is 41.7 Å². The zero-order chi connectivity index (χ0) is 19.5. The zero-order valence-corrected chi connectivity index (χ0v) is 16.4. The normalized spacial score (nSPS) is 16.8. The molecule has 0 aliphatic carbocycles. The Morgan fingerprint density at radius 3 is 2.50 bits per heavy atom. The molecule has 1 saturated heterocycles. The third kappa shape index (κ3) is 4.21. The van der Waals surface area contributed by atoms with Crippen LogP contribution in [0, 0.1) is 20.8 Å². The molecule has 0 unspecified atom stereocenters. The van der Waals surface area contributed by atoms with Crippen LogP contribution in [0.2, 0.25) is 0 Å². The Morgan fingerprint density at radius 1 is 0.964 bits per heavy atom. The lowest BCUT2D eigenvalue weighted by Crippen LogP contribution is -2.35. The second-order valence-corrected chi connectivity index (χ2v) is 7.20. The van der Waals surface area contributed by atoms with E-state index in [-0.39, 0.29) is 5.92 Å². The fraction of sp³-hybridized carbons (Fsp3) is 0.400. The quantitative estimate of drug-likeness (QED) is 0.742. The van der Waals surface area contributed by atoms with E-state index in [4.69, 9.17) is 9.97 Å². The minimum absolute atomic E-state index is 0.247. The summed E-state index contributed by atoms with van der Waals surface area (Å²) in [5.74, 6) is 3.29. The van der Waals surface area contributed by atoms with E-state index in [0.29, 0.717) is 5.95 Å². The highest BCUT2D eigenvalue weighted by Gasteiger charge is 2.25. The van der Waals surface area contributed by atoms with Crippen molar-refractivity contribution >= 4 is 17.6 Å². The molecule has 1 aliphatic rings. The van der Waals surface area contributed by atoms with Crippen molar-refractivity contribution in [3.8, 4) is 0 Å². The van der Waals surface area contributed by atoms with Crippen LogP contribution in [0.3, 0.4) is 0 Å². The van der Waals surface area contributed by atoms with Crippen molar-refractivity contribution in [2.24, 2.45) is 0 Å². The van der Waals surface area contributed by atoms with Gasteiger partial charge in [-0.15, -0.1) is 0 Å². The minimum Gasteiger partial charge on any atom is -0.355 e. The van der Waals surface area contributed by atoms with Gasteiger partial charge in [0.1, 0.15) is 17.5 Å². The maximum Gasteiger partial charge on any atom is 0.228 e. The molecular formula is C20H24N8. The Bertz CT molecular complexity index is 939. The third-order valence-corrected chi connectivity index (χ3v) is 4.75. The zero-order valence-electron chi connectivity index (χ0n) is 16.4. The predicted molar refractivity (Wildman–Crippen MR) is 108 cm³/mol. The number of nitrogens with zero attached hydrogens (tertiary/aromatic N) is 7. The molecular weight excluding hydrogens is 352 g/mol. The minimum atomic E-state index is 0.247. The average Bonchev–Trinajstić information content (AvgIpc) is 2.67. The molecule has 0 spiro atoms. The molecule has 144 valence electrons. The highest BCUT2D eigenvalue weighted by atomic mass is 15.2. The van der Waals surface area contributed by atoms with Gasteiger partial charge in [0.15, 0.2) is 0 Å². The standard InChI is InChI=1S/C20H24N8/c1-13-9-14(2)25-20(24-13)27-17-10-15(3)23-19(26-17)16-5-4-8-28(12-16)18-11-21-6-7-22-18/h6-7,9-11,16H,4-5,8,12H2,1-3H3,(H,23,24,25,26,27)/t16-/m1/s1. The van der Waals surface area contributed by atoms with Crippen LogP contribution in [0.15, 0.2) is 30.7 Å². The van der Waals surface area contributed by atoms with Crippen LogP contribution >= 0.6 is 0 Å². The summed E-state index contributed by atoms with van der Waals surface area (Å²) in [6.07, 6.45) is 7.36. The Kier molecular flexibility index (Phi) is 5.10. The summed E-state index contributed by atoms with van der Waals surface area (Å²) < 4.78 is 0. The molecule has 0 aromatic carbocycles. The lowest BCUT2D eigenvalue weighted by Gasteiger charge is -2.32. The molecule has 4 rings (SSSR count). The number of hydrogen-bond donors (Lipinski definition) is 1. The summed E-state index contributed by atoms with van der Waals surface area (Å²) in [5.41, 5.74) is 2.77. The van der Waals surface area contributed by atoms with Crippen molar-refractivity contribution in [2.45, 2.75) is 39.5 Å². The van der Waals surface area contributed by atoms with Gasteiger partial charge in [0.2, 0.25) is 5.95 Å². The van der Waals surface area contributed by atoms with Gasteiger partial charge in [0.25, 0.3) is 0 Å². The number of piperidine rings is 1. The van der Waals surface area contributed by atoms with Gasteiger partial charge in [-0.3, -0.25) is 4.98 Å². The van der Waals surface area contributed by atoms with Gasteiger partial charge >= 0.3 is 0 Å². The molecule has 0 amide bonds. The maximum absolute atomic E-state index is 4.78. The second-order valence-electron chi connectivity index (χ2n) is 7.20. The van der Waals surface area contributed by atoms with Crippen molar-refractivity contribution < 1.29 is 0 Å². The molecule has 0 bridgehead atoms. The number of rotatable bonds is 4. The van der Waals surface area contributed by atoms with Crippen molar-refractivity contribution in [1.82, 2.24) is 29.9 Å². The van der Waals surface area contributed by atoms with Gasteiger partial charge in [-0.2, -0.15) is 0 Å². The molecule has 3 aromatic heterocycles. The van der Waals surface area contributed by atoms with Crippen LogP contribution < -0.4 is 10.2 Å². The van der Waals surface area contributed by atoms with E-state index >= 15 is 0 Å². The van der Waals surface area contributed by atoms with Crippen LogP contribution in [0.4, 0.5) is 17.6 Å². The average molecular weight is 376 g/mol. The van der Waals surface area contributed by atoms with E-state index in [9.17, 15) is 0 Å². The Hall–Kier alpha value is -3.16. The molecule has 8 heteroatoms. The van der Waals surface area contributed by atoms with Crippen LogP contribution in [-0.4, -0.2) is 43.0 Å². The summed E-state index contributed by atoms with van der Waals surface area (Å²) in [5, 5.41) is 3.24. The van der Waals surface area contributed by atoms with Crippen molar-refractivity contribution in [2.75, 3.05) is 23.3 Å². The lowest BCUT2D eigenvalue weighted by atomic mass is 9.97. The topological polar surface area (TPSA) is 92.6 Å². The highest BCUT2D eigenvalue weighted by Crippen LogP contribution is 2.28. The smallest absolute Gasteiger partial charge is 0.228 e. The van der Waals surface area contributed by atoms with Gasteiger partial charge < -0.3 is 10.2 Å². The van der Waals surface area contributed by atoms with Crippen LogP contribution in [0.5, 0.6) is 0 Å². The van der Waals surface area contributed by atoms with Crippen molar-refractivity contribution in [3.05, 3.63) is 53.6 Å². The Labute approximate surface area is 164 Å². The van der Waals surface area contributed by atoms with Gasteiger partial charge in [0.05, 0.1) is 6.20 Å². The largest absolute Gasteiger partial charge is 0.355 e. The van der Waals surface area contributed by atoms with E-state index in [0.717, 1.165) is 60.5 Å². The maximum atomic E-state index is 4.78. The first-order valence-electron chi connectivity index (χ1n) is 9.53. The van der Waals surface area contributed by atoms with Gasteiger partial charge in [0, 0.05) is 54.5 Å². The van der Waals surface area contributed by atoms with E-state index in [1.807, 2.05) is 39.1 Å². The molecule has 1 aliphatic heterocycles. The predicted octanol–water partition coefficient (Wildman–Crippen LogP) is 3.11. The van der Waals surface area contributed by atoms with E-state index in [1.165, 1.54) is 0 Å². The first-order valence-corrected chi connectivity index (χ1v) is 9.53. The molecule has 0 saturated carbocycles. The molecule has 1 atom stereocenters. The summed E-state index contributed by atoms with van der Waals surface area (Å²) in [6.45, 7) is 7.71. The fourth-order valence-corrected chi connectivity index (χ4v) is 3.59. The first kappa shape index (κ1) is 18.2. The summed E-state index contributed by atoms with van der Waals surface area (Å²) >= 11 is 0. The second kappa shape index (κ2) is 7.84. The monoisotopic (exact) mass is 376 g/mol. The van der Waals surface area contributed by atoms with Gasteiger partial charge in [-0.05, 0) is 39.7 Å². The molecule has 3 aromatic rings. The van der Waals surface area contributed by atoms with Crippen molar-refractivity contribution in [1.29, 1.82) is 0 Å². The first-order chi connectivity index (χ1) is 13.6. The molecule has 8 nitrogen and oxygen atoms in total. The highest BCUT2D eigenvalue weighted by molar-refractivity contribution is 5.49. The number of hydrogen-bond acceptors (Lipinski definition) is 8. The van der Waals surface area contributed by atoms with Gasteiger partial charge in [-0.25, -0.2) is 24.9 Å². The van der Waals surface area contributed by atoms with Crippen LogP contribution in [-0.2, 0) is 0 Å². The molecule has 1 N–H and O–H groups in total. The summed E-state index contributed by atoms with van der Waals surface area (Å²) in [4.78, 5) is 29.3. The third-order valence-electron chi connectivity index (χ3n) is 4.75. The lowest BCUT2D eigenvalue weighted by molar-refractivity contribution is 0.488. The number of aryl methyl sites for hydroxylation is 3. The summed E-state index contributed by atoms with van der Waals surface area (Å²) in [6, 6.07) is 3.87. The van der Waals surface area contributed by atoms with E-state index < -0.39 is 0 Å².